The number of carbonyl (C=O) groups is 1. The monoisotopic (exact) mass is 360 g/mol. The second-order valence-corrected chi connectivity index (χ2v) is 6.72. The molecular formula is C18H17ClN2O2S. The predicted octanol–water partition coefficient (Wildman–Crippen LogP) is 5.74. The number of benzene rings is 2. The van der Waals surface area contributed by atoms with Gasteiger partial charge in [0.1, 0.15) is 0 Å². The van der Waals surface area contributed by atoms with E-state index < -0.39 is 6.09 Å². The lowest BCUT2D eigenvalue weighted by Gasteiger charge is -2.10. The van der Waals surface area contributed by atoms with Crippen molar-refractivity contribution in [1.29, 1.82) is 0 Å². The van der Waals surface area contributed by atoms with E-state index in [0.29, 0.717) is 17.3 Å². The molecule has 0 bridgehead atoms. The summed E-state index contributed by atoms with van der Waals surface area (Å²) >= 11 is 7.98. The average Bonchev–Trinajstić information content (AvgIpc) is 2.98. The van der Waals surface area contributed by atoms with E-state index in [2.05, 4.69) is 28.8 Å². The van der Waals surface area contributed by atoms with E-state index in [-0.39, 0.29) is 0 Å². The zero-order valence-electron chi connectivity index (χ0n) is 13.1. The van der Waals surface area contributed by atoms with Crippen LogP contribution in [0.15, 0.2) is 48.5 Å². The van der Waals surface area contributed by atoms with Crippen LogP contribution in [0.5, 0.6) is 0 Å². The minimum absolute atomic E-state index is 0.318. The van der Waals surface area contributed by atoms with Gasteiger partial charge in [-0.3, -0.25) is 5.32 Å². The molecule has 3 aromatic rings. The number of nitrogens with one attached hydrogen (secondary N) is 2. The fourth-order valence-corrected chi connectivity index (χ4v) is 3.55. The van der Waals surface area contributed by atoms with Crippen molar-refractivity contribution in [3.05, 3.63) is 58.4 Å². The third-order valence-electron chi connectivity index (χ3n) is 3.42. The summed E-state index contributed by atoms with van der Waals surface area (Å²) in [6, 6.07) is 15.9. The molecule has 0 aliphatic carbocycles. The number of halogens is 1. The first kappa shape index (κ1) is 16.6. The van der Waals surface area contributed by atoms with Crippen molar-refractivity contribution in [2.45, 2.75) is 13.5 Å². The Kier molecular flexibility index (Phi) is 5.23. The average molecular weight is 361 g/mol. The van der Waals surface area contributed by atoms with Crippen molar-refractivity contribution in [3.8, 4) is 0 Å². The van der Waals surface area contributed by atoms with Crippen LogP contribution >= 0.6 is 22.9 Å². The molecule has 0 radical (unpaired) electrons. The molecule has 0 aliphatic heterocycles. The van der Waals surface area contributed by atoms with Crippen molar-refractivity contribution in [3.63, 3.8) is 0 Å². The molecule has 3 rings (SSSR count). The third kappa shape index (κ3) is 3.99. The van der Waals surface area contributed by atoms with Crippen molar-refractivity contribution in [2.75, 3.05) is 17.2 Å². The summed E-state index contributed by atoms with van der Waals surface area (Å²) in [7, 11) is 0. The number of carbonyl (C=O) groups excluding carboxylic acids is 1. The Balaban J connectivity index is 1.65. The molecule has 1 heterocycles. The highest BCUT2D eigenvalue weighted by Crippen LogP contribution is 2.28. The zero-order chi connectivity index (χ0) is 16.9. The van der Waals surface area contributed by atoms with Crippen molar-refractivity contribution in [2.24, 2.45) is 0 Å². The molecule has 0 saturated carbocycles. The van der Waals surface area contributed by atoms with Crippen LogP contribution in [-0.4, -0.2) is 12.7 Å². The Labute approximate surface area is 149 Å². The smallest absolute Gasteiger partial charge is 0.411 e. The van der Waals surface area contributed by atoms with E-state index in [1.807, 2.05) is 18.2 Å². The van der Waals surface area contributed by atoms with Crippen LogP contribution in [0, 0.1) is 0 Å². The molecule has 0 spiro atoms. The normalized spacial score (nSPS) is 10.6. The molecule has 4 nitrogen and oxygen atoms in total. The Morgan fingerprint density at radius 3 is 2.79 bits per heavy atom. The standard InChI is InChI=1S/C18H17ClN2O2S/c1-2-23-18(22)21-16-8-7-13(10-15(16)19)20-11-14-9-12-5-3-4-6-17(12)24-14/h3-10,20H,2,11H2,1H3,(H,21,22). The molecule has 1 aromatic heterocycles. The van der Waals surface area contributed by atoms with E-state index in [1.165, 1.54) is 15.0 Å². The van der Waals surface area contributed by atoms with Gasteiger partial charge in [0, 0.05) is 21.8 Å². The molecule has 1 amide bonds. The molecule has 2 aromatic carbocycles. The van der Waals surface area contributed by atoms with Gasteiger partial charge in [0.05, 0.1) is 17.3 Å². The molecule has 0 saturated heterocycles. The van der Waals surface area contributed by atoms with Gasteiger partial charge in [-0.1, -0.05) is 29.8 Å². The first-order valence-corrected chi connectivity index (χ1v) is 8.80. The molecule has 6 heteroatoms. The van der Waals surface area contributed by atoms with Crippen LogP contribution in [0.3, 0.4) is 0 Å². The summed E-state index contributed by atoms with van der Waals surface area (Å²) in [6.45, 7) is 2.79. The molecule has 124 valence electrons. The van der Waals surface area contributed by atoms with Gasteiger partial charge in [0.15, 0.2) is 0 Å². The maximum absolute atomic E-state index is 11.4. The van der Waals surface area contributed by atoms with Crippen LogP contribution in [0.2, 0.25) is 5.02 Å². The van der Waals surface area contributed by atoms with Crippen molar-refractivity contribution < 1.29 is 9.53 Å². The summed E-state index contributed by atoms with van der Waals surface area (Å²) in [5, 5.41) is 7.68. The van der Waals surface area contributed by atoms with Crippen LogP contribution < -0.4 is 10.6 Å². The van der Waals surface area contributed by atoms with Gasteiger partial charge in [0.2, 0.25) is 0 Å². The summed E-state index contributed by atoms with van der Waals surface area (Å²) in [6.07, 6.45) is -0.509. The Morgan fingerprint density at radius 1 is 1.21 bits per heavy atom. The first-order chi connectivity index (χ1) is 11.7. The van der Waals surface area contributed by atoms with Crippen LogP contribution in [-0.2, 0) is 11.3 Å². The summed E-state index contributed by atoms with van der Waals surface area (Å²) in [5.74, 6) is 0. The number of hydrogen-bond acceptors (Lipinski definition) is 4. The van der Waals surface area contributed by atoms with Gasteiger partial charge >= 0.3 is 6.09 Å². The predicted molar refractivity (Wildman–Crippen MR) is 101 cm³/mol. The minimum atomic E-state index is -0.509. The van der Waals surface area contributed by atoms with Crippen molar-refractivity contribution in [1.82, 2.24) is 0 Å². The van der Waals surface area contributed by atoms with Crippen LogP contribution in [0.4, 0.5) is 16.2 Å². The molecule has 0 unspecified atom stereocenters. The Morgan fingerprint density at radius 2 is 2.04 bits per heavy atom. The number of fused-ring (bicyclic) bond motifs is 1. The topological polar surface area (TPSA) is 50.4 Å². The van der Waals surface area contributed by atoms with Gasteiger partial charge in [0.25, 0.3) is 0 Å². The van der Waals surface area contributed by atoms with Crippen LogP contribution in [0.25, 0.3) is 10.1 Å². The number of amides is 1. The second kappa shape index (κ2) is 7.55. The SMILES string of the molecule is CCOC(=O)Nc1ccc(NCc2cc3ccccc3s2)cc1Cl. The Bertz CT molecular complexity index is 830. The summed E-state index contributed by atoms with van der Waals surface area (Å²) in [5.41, 5.74) is 1.43. The molecule has 0 fully saturated rings. The van der Waals surface area contributed by atoms with Crippen LogP contribution in [0.1, 0.15) is 11.8 Å². The lowest BCUT2D eigenvalue weighted by atomic mass is 10.2. The molecular weight excluding hydrogens is 344 g/mol. The minimum Gasteiger partial charge on any atom is -0.450 e. The van der Waals surface area contributed by atoms with Gasteiger partial charge in [-0.15, -0.1) is 11.3 Å². The van der Waals surface area contributed by atoms with E-state index >= 15 is 0 Å². The van der Waals surface area contributed by atoms with E-state index in [9.17, 15) is 4.79 Å². The Hall–Kier alpha value is -2.24. The van der Waals surface area contributed by atoms with Crippen molar-refractivity contribution >= 4 is 50.5 Å². The molecule has 2 N–H and O–H groups in total. The maximum atomic E-state index is 11.4. The largest absolute Gasteiger partial charge is 0.450 e. The fourth-order valence-electron chi connectivity index (χ4n) is 2.32. The fraction of sp³-hybridized carbons (Fsp3) is 0.167. The molecule has 0 atom stereocenters. The summed E-state index contributed by atoms with van der Waals surface area (Å²) < 4.78 is 6.12. The number of anilines is 2. The van der Waals surface area contributed by atoms with Gasteiger partial charge in [-0.05, 0) is 42.6 Å². The second-order valence-electron chi connectivity index (χ2n) is 5.14. The number of hydrogen-bond donors (Lipinski definition) is 2. The van der Waals surface area contributed by atoms with Gasteiger partial charge in [-0.25, -0.2) is 4.79 Å². The zero-order valence-corrected chi connectivity index (χ0v) is 14.7. The highest BCUT2D eigenvalue weighted by molar-refractivity contribution is 7.19. The quantitative estimate of drug-likeness (QED) is 0.610. The number of rotatable bonds is 5. The highest BCUT2D eigenvalue weighted by atomic mass is 35.5. The number of ether oxygens (including phenoxy) is 1. The van der Waals surface area contributed by atoms with E-state index in [4.69, 9.17) is 16.3 Å². The highest BCUT2D eigenvalue weighted by Gasteiger charge is 2.07. The molecule has 24 heavy (non-hydrogen) atoms. The first-order valence-electron chi connectivity index (χ1n) is 7.60. The lowest BCUT2D eigenvalue weighted by Crippen LogP contribution is -2.13. The van der Waals surface area contributed by atoms with Gasteiger partial charge in [-0.2, -0.15) is 0 Å². The summed E-state index contributed by atoms with van der Waals surface area (Å²) in [4.78, 5) is 12.7. The lowest BCUT2D eigenvalue weighted by molar-refractivity contribution is 0.168. The number of thiophene rings is 1. The third-order valence-corrected chi connectivity index (χ3v) is 4.85. The maximum Gasteiger partial charge on any atom is 0.411 e. The van der Waals surface area contributed by atoms with E-state index in [1.54, 1.807) is 30.4 Å². The van der Waals surface area contributed by atoms with Gasteiger partial charge < -0.3 is 10.1 Å². The molecule has 0 aliphatic rings. The van der Waals surface area contributed by atoms with E-state index in [0.717, 1.165) is 12.2 Å².